The summed E-state index contributed by atoms with van der Waals surface area (Å²) in [6, 6.07) is 7.74. The number of nitrogens with one attached hydrogen (secondary N) is 1. The fourth-order valence-electron chi connectivity index (χ4n) is 2.61. The molecule has 2 heterocycles. The number of rotatable bonds is 3. The first-order chi connectivity index (χ1) is 10.7. The number of piperidine rings is 1. The Hall–Kier alpha value is -2.08. The molecule has 2 aromatic rings. The zero-order valence-corrected chi connectivity index (χ0v) is 12.9. The normalized spacial score (nSPS) is 15.8. The summed E-state index contributed by atoms with van der Waals surface area (Å²) in [5.41, 5.74) is 1.04. The Kier molecular flexibility index (Phi) is 4.58. The maximum atomic E-state index is 12.2. The van der Waals surface area contributed by atoms with E-state index in [4.69, 9.17) is 11.6 Å². The van der Waals surface area contributed by atoms with Crippen molar-refractivity contribution < 1.29 is 4.79 Å². The standard InChI is InChI=1S/C15H18ClN5O/c16-13-3-1-12(2-4-13)11-17-15(22)20-9-5-14(6-10-20)21-18-7-8-19-21/h1-4,7-8,14H,5-6,9-11H2,(H,17,22). The average Bonchev–Trinajstić information content (AvgIpc) is 3.09. The van der Waals surface area contributed by atoms with Gasteiger partial charge in [-0.3, -0.25) is 0 Å². The number of hydrogen-bond acceptors (Lipinski definition) is 3. The summed E-state index contributed by atoms with van der Waals surface area (Å²) in [6.07, 6.45) is 5.13. The zero-order chi connectivity index (χ0) is 15.4. The summed E-state index contributed by atoms with van der Waals surface area (Å²) < 4.78 is 0. The molecule has 22 heavy (non-hydrogen) atoms. The molecule has 1 saturated heterocycles. The van der Waals surface area contributed by atoms with Gasteiger partial charge in [-0.15, -0.1) is 0 Å². The van der Waals surface area contributed by atoms with Crippen molar-refractivity contribution in [2.24, 2.45) is 0 Å². The van der Waals surface area contributed by atoms with Gasteiger partial charge in [0.25, 0.3) is 0 Å². The Morgan fingerprint density at radius 1 is 1.18 bits per heavy atom. The van der Waals surface area contributed by atoms with Crippen LogP contribution >= 0.6 is 11.6 Å². The van der Waals surface area contributed by atoms with E-state index >= 15 is 0 Å². The molecule has 1 aliphatic heterocycles. The monoisotopic (exact) mass is 319 g/mol. The van der Waals surface area contributed by atoms with E-state index in [9.17, 15) is 4.79 Å². The summed E-state index contributed by atoms with van der Waals surface area (Å²) in [6.45, 7) is 1.95. The third-order valence-corrected chi connectivity index (χ3v) is 4.12. The predicted molar refractivity (Wildman–Crippen MR) is 83.6 cm³/mol. The Morgan fingerprint density at radius 3 is 2.45 bits per heavy atom. The number of urea groups is 1. The van der Waals surface area contributed by atoms with Crippen LogP contribution in [0.2, 0.25) is 5.02 Å². The van der Waals surface area contributed by atoms with E-state index in [-0.39, 0.29) is 12.1 Å². The van der Waals surface area contributed by atoms with E-state index in [0.29, 0.717) is 11.6 Å². The van der Waals surface area contributed by atoms with Gasteiger partial charge in [0.2, 0.25) is 0 Å². The Labute approximate surface area is 134 Å². The molecular formula is C15H18ClN5O. The average molecular weight is 320 g/mol. The van der Waals surface area contributed by atoms with Crippen molar-refractivity contribution in [3.8, 4) is 0 Å². The largest absolute Gasteiger partial charge is 0.334 e. The molecule has 1 aliphatic rings. The predicted octanol–water partition coefficient (Wildman–Crippen LogP) is 2.48. The highest BCUT2D eigenvalue weighted by Crippen LogP contribution is 2.20. The zero-order valence-electron chi connectivity index (χ0n) is 12.2. The molecule has 0 saturated carbocycles. The molecular weight excluding hydrogens is 302 g/mol. The van der Waals surface area contributed by atoms with Crippen molar-refractivity contribution in [1.29, 1.82) is 0 Å². The van der Waals surface area contributed by atoms with Gasteiger partial charge < -0.3 is 10.2 Å². The summed E-state index contributed by atoms with van der Waals surface area (Å²) in [5, 5.41) is 12.0. The minimum atomic E-state index is -0.0261. The second-order valence-electron chi connectivity index (χ2n) is 5.35. The van der Waals surface area contributed by atoms with Crippen LogP contribution in [0.3, 0.4) is 0 Å². The van der Waals surface area contributed by atoms with Gasteiger partial charge in [0, 0.05) is 24.7 Å². The number of carbonyl (C=O) groups excluding carboxylic acids is 1. The Balaban J connectivity index is 1.46. The van der Waals surface area contributed by atoms with Gasteiger partial charge in [-0.2, -0.15) is 15.0 Å². The second-order valence-corrected chi connectivity index (χ2v) is 5.79. The number of nitrogens with zero attached hydrogens (tertiary/aromatic N) is 4. The number of carbonyl (C=O) groups is 1. The van der Waals surface area contributed by atoms with Crippen LogP contribution in [0.4, 0.5) is 4.79 Å². The number of hydrogen-bond donors (Lipinski definition) is 1. The molecule has 1 aromatic carbocycles. The van der Waals surface area contributed by atoms with Crippen LogP contribution in [0.25, 0.3) is 0 Å². The van der Waals surface area contributed by atoms with Crippen LogP contribution in [0.1, 0.15) is 24.4 Å². The van der Waals surface area contributed by atoms with E-state index < -0.39 is 0 Å². The first-order valence-electron chi connectivity index (χ1n) is 7.35. The van der Waals surface area contributed by atoms with Gasteiger partial charge in [0.1, 0.15) is 0 Å². The molecule has 1 N–H and O–H groups in total. The number of amides is 2. The fraction of sp³-hybridized carbons (Fsp3) is 0.400. The van der Waals surface area contributed by atoms with Crippen molar-refractivity contribution in [3.05, 3.63) is 47.2 Å². The number of aromatic nitrogens is 3. The minimum Gasteiger partial charge on any atom is -0.334 e. The first-order valence-corrected chi connectivity index (χ1v) is 7.73. The highest BCUT2D eigenvalue weighted by atomic mass is 35.5. The molecule has 2 amide bonds. The SMILES string of the molecule is O=C(NCc1ccc(Cl)cc1)N1CCC(n2nccn2)CC1. The quantitative estimate of drug-likeness (QED) is 0.945. The second kappa shape index (κ2) is 6.79. The van der Waals surface area contributed by atoms with Crippen molar-refractivity contribution in [3.63, 3.8) is 0 Å². The molecule has 0 atom stereocenters. The van der Waals surface area contributed by atoms with Crippen LogP contribution in [0.5, 0.6) is 0 Å². The van der Waals surface area contributed by atoms with Crippen molar-refractivity contribution in [2.45, 2.75) is 25.4 Å². The van der Waals surface area contributed by atoms with Gasteiger partial charge in [-0.25, -0.2) is 4.79 Å². The van der Waals surface area contributed by atoms with Crippen molar-refractivity contribution in [1.82, 2.24) is 25.2 Å². The smallest absolute Gasteiger partial charge is 0.317 e. The van der Waals surface area contributed by atoms with Gasteiger partial charge >= 0.3 is 6.03 Å². The number of likely N-dealkylation sites (tertiary alicyclic amines) is 1. The van der Waals surface area contributed by atoms with Crippen LogP contribution in [-0.2, 0) is 6.54 Å². The van der Waals surface area contributed by atoms with E-state index in [1.807, 2.05) is 29.2 Å². The summed E-state index contributed by atoms with van der Waals surface area (Å²) in [5.74, 6) is 0. The van der Waals surface area contributed by atoms with E-state index in [1.165, 1.54) is 0 Å². The van der Waals surface area contributed by atoms with E-state index in [2.05, 4.69) is 15.5 Å². The molecule has 1 fully saturated rings. The molecule has 116 valence electrons. The van der Waals surface area contributed by atoms with Crippen molar-refractivity contribution >= 4 is 17.6 Å². The number of halogens is 1. The van der Waals surface area contributed by atoms with E-state index in [0.717, 1.165) is 31.5 Å². The Bertz CT molecular complexity index is 605. The van der Waals surface area contributed by atoms with Gasteiger partial charge in [0.05, 0.1) is 18.4 Å². The summed E-state index contributed by atoms with van der Waals surface area (Å²) in [7, 11) is 0. The summed E-state index contributed by atoms with van der Waals surface area (Å²) in [4.78, 5) is 15.8. The molecule has 0 spiro atoms. The van der Waals surface area contributed by atoms with Crippen molar-refractivity contribution in [2.75, 3.05) is 13.1 Å². The summed E-state index contributed by atoms with van der Waals surface area (Å²) >= 11 is 5.84. The molecule has 7 heteroatoms. The maximum absolute atomic E-state index is 12.2. The molecule has 1 aromatic heterocycles. The van der Waals surface area contributed by atoms with Crippen LogP contribution in [-0.4, -0.2) is 39.0 Å². The topological polar surface area (TPSA) is 63.1 Å². The lowest BCUT2D eigenvalue weighted by atomic mass is 10.1. The Morgan fingerprint density at radius 2 is 1.82 bits per heavy atom. The van der Waals surface area contributed by atoms with Gasteiger partial charge in [-0.1, -0.05) is 23.7 Å². The molecule has 0 unspecified atom stereocenters. The molecule has 0 radical (unpaired) electrons. The molecule has 0 aliphatic carbocycles. The van der Waals surface area contributed by atoms with Crippen LogP contribution in [0, 0.1) is 0 Å². The molecule has 6 nitrogen and oxygen atoms in total. The maximum Gasteiger partial charge on any atom is 0.317 e. The fourth-order valence-corrected chi connectivity index (χ4v) is 2.73. The van der Waals surface area contributed by atoms with Gasteiger partial charge in [-0.05, 0) is 30.5 Å². The lowest BCUT2D eigenvalue weighted by Gasteiger charge is -2.31. The van der Waals surface area contributed by atoms with Crippen LogP contribution in [0.15, 0.2) is 36.7 Å². The third kappa shape index (κ3) is 3.57. The lowest BCUT2D eigenvalue weighted by Crippen LogP contribution is -2.44. The minimum absolute atomic E-state index is 0.0261. The molecule has 3 rings (SSSR count). The number of benzene rings is 1. The van der Waals surface area contributed by atoms with E-state index in [1.54, 1.807) is 17.2 Å². The highest BCUT2D eigenvalue weighted by molar-refractivity contribution is 6.30. The first kappa shape index (κ1) is 14.8. The third-order valence-electron chi connectivity index (χ3n) is 3.87. The van der Waals surface area contributed by atoms with Gasteiger partial charge in [0.15, 0.2) is 0 Å². The molecule has 0 bridgehead atoms. The van der Waals surface area contributed by atoms with Crippen LogP contribution < -0.4 is 5.32 Å². The highest BCUT2D eigenvalue weighted by Gasteiger charge is 2.24. The lowest BCUT2D eigenvalue weighted by molar-refractivity contribution is 0.164.